The topological polar surface area (TPSA) is 101 Å². The molecule has 2 aliphatic heterocycles. The molecule has 0 bridgehead atoms. The van der Waals surface area contributed by atoms with Crippen LogP contribution in [-0.2, 0) is 19.3 Å². The number of fused-ring (bicyclic) bond motifs is 1. The largest absolute Gasteiger partial charge is 0.377 e. The van der Waals surface area contributed by atoms with Crippen LogP contribution in [0.3, 0.4) is 0 Å². The van der Waals surface area contributed by atoms with Gasteiger partial charge >= 0.3 is 0 Å². The minimum atomic E-state index is -3.32. The number of halogens is 1. The Hall–Kier alpha value is -2.23. The first-order valence-corrected chi connectivity index (χ1v) is 12.8. The van der Waals surface area contributed by atoms with E-state index < -0.39 is 14.6 Å². The first kappa shape index (κ1) is 21.6. The van der Waals surface area contributed by atoms with Gasteiger partial charge in [0.2, 0.25) is 0 Å². The summed E-state index contributed by atoms with van der Waals surface area (Å²) in [5.74, 6) is 1.33. The third-order valence-electron chi connectivity index (χ3n) is 6.61. The molecule has 8 nitrogen and oxygen atoms in total. The Morgan fingerprint density at radius 3 is 2.78 bits per heavy atom. The van der Waals surface area contributed by atoms with Crippen LogP contribution in [0, 0.1) is 6.92 Å². The van der Waals surface area contributed by atoms with E-state index in [1.165, 1.54) is 0 Å². The smallest absolute Gasteiger partial charge is 0.162 e. The Labute approximate surface area is 192 Å². The van der Waals surface area contributed by atoms with Gasteiger partial charge in [-0.3, -0.25) is 0 Å². The second kappa shape index (κ2) is 7.67. The number of hydrogen-bond donors (Lipinski definition) is 1. The maximum atomic E-state index is 13.0. The SMILES string of the molecule is Cc1cc2c(-c3nc(N4CCOC[C@H]4C)cc([C@]4(C)CCCS4(=O)=O)n3)cc(Cl)nc2[nH]1. The lowest BCUT2D eigenvalue weighted by molar-refractivity contribution is 0.0985. The molecule has 5 heterocycles. The summed E-state index contributed by atoms with van der Waals surface area (Å²) in [6, 6.07) is 5.68. The number of ether oxygens (including phenoxy) is 1. The van der Waals surface area contributed by atoms with Gasteiger partial charge in [-0.2, -0.15) is 0 Å². The Balaban J connectivity index is 1.76. The fourth-order valence-corrected chi connectivity index (χ4v) is 6.74. The molecule has 2 fully saturated rings. The van der Waals surface area contributed by atoms with Gasteiger partial charge in [-0.1, -0.05) is 11.6 Å². The monoisotopic (exact) mass is 475 g/mol. The molecule has 3 aromatic heterocycles. The van der Waals surface area contributed by atoms with E-state index >= 15 is 0 Å². The summed E-state index contributed by atoms with van der Waals surface area (Å²) in [7, 11) is -3.32. The van der Waals surface area contributed by atoms with Crippen LogP contribution in [0.25, 0.3) is 22.4 Å². The van der Waals surface area contributed by atoms with Crippen molar-refractivity contribution in [2.24, 2.45) is 0 Å². The molecule has 0 saturated carbocycles. The van der Waals surface area contributed by atoms with Gasteiger partial charge in [-0.05, 0) is 45.7 Å². The molecule has 1 N–H and O–H groups in total. The van der Waals surface area contributed by atoms with Crippen molar-refractivity contribution in [2.75, 3.05) is 30.4 Å². The van der Waals surface area contributed by atoms with Gasteiger partial charge in [-0.25, -0.2) is 23.4 Å². The zero-order valence-corrected chi connectivity index (χ0v) is 19.9. The van der Waals surface area contributed by atoms with Gasteiger partial charge in [0.05, 0.1) is 30.7 Å². The number of hydrogen-bond acceptors (Lipinski definition) is 7. The highest BCUT2D eigenvalue weighted by Gasteiger charge is 2.47. The van der Waals surface area contributed by atoms with Crippen LogP contribution in [-0.4, -0.2) is 59.9 Å². The van der Waals surface area contributed by atoms with Gasteiger partial charge in [-0.15, -0.1) is 0 Å². The van der Waals surface area contributed by atoms with E-state index in [0.717, 1.165) is 16.6 Å². The average molecular weight is 476 g/mol. The number of pyridine rings is 1. The van der Waals surface area contributed by atoms with E-state index in [9.17, 15) is 8.42 Å². The first-order chi connectivity index (χ1) is 15.2. The van der Waals surface area contributed by atoms with Crippen LogP contribution in [0.15, 0.2) is 18.2 Å². The predicted molar refractivity (Wildman–Crippen MR) is 125 cm³/mol. The van der Waals surface area contributed by atoms with E-state index in [0.29, 0.717) is 60.7 Å². The molecule has 0 aromatic carbocycles. The number of H-pyrrole nitrogens is 1. The van der Waals surface area contributed by atoms with Crippen LogP contribution in [0.4, 0.5) is 5.82 Å². The molecule has 0 aliphatic carbocycles. The molecule has 0 spiro atoms. The standard InChI is InChI=1S/C22H26ClN5O3S/c1-13-9-15-16(10-18(23)26-20(15)24-13)21-25-17(22(3)5-4-8-32(22,29)30)11-19(27-21)28-6-7-31-12-14(28)2/h9-11,14H,4-8,12H2,1-3H3,(H,24,26)/t14-,22+/m1/s1. The number of anilines is 1. The molecule has 32 heavy (non-hydrogen) atoms. The number of aromatic nitrogens is 4. The molecule has 0 amide bonds. The third kappa shape index (κ3) is 3.47. The maximum absolute atomic E-state index is 13.0. The first-order valence-electron chi connectivity index (χ1n) is 10.8. The molecular formula is C22H26ClN5O3S. The summed E-state index contributed by atoms with van der Waals surface area (Å²) in [5, 5.41) is 1.17. The van der Waals surface area contributed by atoms with Gasteiger partial charge in [0.25, 0.3) is 0 Å². The van der Waals surface area contributed by atoms with Crippen molar-refractivity contribution in [3.05, 3.63) is 34.7 Å². The lowest BCUT2D eigenvalue weighted by Crippen LogP contribution is -2.44. The highest BCUT2D eigenvalue weighted by molar-refractivity contribution is 7.92. The van der Waals surface area contributed by atoms with Gasteiger partial charge in [0, 0.05) is 29.3 Å². The van der Waals surface area contributed by atoms with Crippen molar-refractivity contribution in [3.63, 3.8) is 0 Å². The summed E-state index contributed by atoms with van der Waals surface area (Å²) >= 11 is 6.32. The van der Waals surface area contributed by atoms with Crippen molar-refractivity contribution in [1.29, 1.82) is 0 Å². The van der Waals surface area contributed by atoms with Crippen molar-refractivity contribution in [1.82, 2.24) is 19.9 Å². The summed E-state index contributed by atoms with van der Waals surface area (Å²) in [6.45, 7) is 7.67. The Bertz CT molecular complexity index is 1310. The fraction of sp³-hybridized carbons (Fsp3) is 0.500. The molecule has 2 aliphatic rings. The summed E-state index contributed by atoms with van der Waals surface area (Å²) in [5.41, 5.74) is 2.86. The molecule has 3 aromatic rings. The molecular weight excluding hydrogens is 450 g/mol. The minimum Gasteiger partial charge on any atom is -0.377 e. The molecule has 2 atom stereocenters. The normalized spacial score (nSPS) is 25.5. The summed E-state index contributed by atoms with van der Waals surface area (Å²) in [4.78, 5) is 19.5. The van der Waals surface area contributed by atoms with Crippen molar-refractivity contribution in [3.8, 4) is 11.4 Å². The van der Waals surface area contributed by atoms with Crippen molar-refractivity contribution in [2.45, 2.75) is 44.4 Å². The number of nitrogens with one attached hydrogen (secondary N) is 1. The zero-order chi connectivity index (χ0) is 22.7. The van der Waals surface area contributed by atoms with Crippen LogP contribution < -0.4 is 4.90 Å². The van der Waals surface area contributed by atoms with E-state index in [1.807, 2.05) is 19.1 Å². The zero-order valence-electron chi connectivity index (χ0n) is 18.4. The highest BCUT2D eigenvalue weighted by Crippen LogP contribution is 2.42. The average Bonchev–Trinajstić information content (AvgIpc) is 3.25. The summed E-state index contributed by atoms with van der Waals surface area (Å²) in [6.07, 6.45) is 1.17. The predicted octanol–water partition coefficient (Wildman–Crippen LogP) is 3.63. The third-order valence-corrected chi connectivity index (χ3v) is 9.42. The number of morpholine rings is 1. The number of aromatic amines is 1. The Kier molecular flexibility index (Phi) is 5.18. The van der Waals surface area contributed by atoms with E-state index in [4.69, 9.17) is 26.3 Å². The van der Waals surface area contributed by atoms with Crippen LogP contribution in [0.2, 0.25) is 5.15 Å². The number of rotatable bonds is 3. The molecule has 0 radical (unpaired) electrons. The second-order valence-electron chi connectivity index (χ2n) is 8.91. The maximum Gasteiger partial charge on any atom is 0.162 e. The van der Waals surface area contributed by atoms with E-state index in [1.54, 1.807) is 13.0 Å². The molecule has 5 rings (SSSR count). The Morgan fingerprint density at radius 1 is 1.25 bits per heavy atom. The lowest BCUT2D eigenvalue weighted by Gasteiger charge is -2.35. The number of sulfone groups is 1. The molecule has 2 saturated heterocycles. The van der Waals surface area contributed by atoms with Crippen LogP contribution in [0.1, 0.15) is 38.1 Å². The van der Waals surface area contributed by atoms with E-state index in [2.05, 4.69) is 21.8 Å². The number of nitrogens with zero attached hydrogens (tertiary/aromatic N) is 4. The van der Waals surface area contributed by atoms with Gasteiger partial charge in [0.15, 0.2) is 15.7 Å². The lowest BCUT2D eigenvalue weighted by atomic mass is 10.0. The molecule has 170 valence electrons. The Morgan fingerprint density at radius 2 is 2.06 bits per heavy atom. The quantitative estimate of drug-likeness (QED) is 0.577. The van der Waals surface area contributed by atoms with Crippen molar-refractivity contribution >= 4 is 38.3 Å². The molecule has 10 heteroatoms. The van der Waals surface area contributed by atoms with Gasteiger partial charge in [0.1, 0.15) is 21.4 Å². The number of aryl methyl sites for hydroxylation is 1. The highest BCUT2D eigenvalue weighted by atomic mass is 35.5. The fourth-order valence-electron chi connectivity index (χ4n) is 4.70. The van der Waals surface area contributed by atoms with Gasteiger partial charge < -0.3 is 14.6 Å². The van der Waals surface area contributed by atoms with Crippen LogP contribution >= 0.6 is 11.6 Å². The van der Waals surface area contributed by atoms with Crippen molar-refractivity contribution < 1.29 is 13.2 Å². The summed E-state index contributed by atoms with van der Waals surface area (Å²) < 4.78 is 30.6. The molecule has 0 unspecified atom stereocenters. The van der Waals surface area contributed by atoms with E-state index in [-0.39, 0.29) is 11.8 Å². The minimum absolute atomic E-state index is 0.114. The second-order valence-corrected chi connectivity index (χ2v) is 11.8. The van der Waals surface area contributed by atoms with Crippen LogP contribution in [0.5, 0.6) is 0 Å².